The molecule has 380 valence electrons. The monoisotopic (exact) mass is 1060 g/mol. The molecule has 1 spiro atoms. The van der Waals surface area contributed by atoms with Crippen LogP contribution in [0.15, 0.2) is 91.0 Å². The number of alkyl halides is 1. The summed E-state index contributed by atoms with van der Waals surface area (Å²) in [5, 5.41) is 9.39. The maximum atomic E-state index is 11.5. The Kier molecular flexibility index (Phi) is 18.5. The van der Waals surface area contributed by atoms with Crippen molar-refractivity contribution in [3.63, 3.8) is 0 Å². The van der Waals surface area contributed by atoms with Crippen molar-refractivity contribution in [2.75, 3.05) is 53.4 Å². The Morgan fingerprint density at radius 2 is 1.00 bits per heavy atom. The van der Waals surface area contributed by atoms with E-state index in [1.54, 1.807) is 30.3 Å². The number of aliphatic carboxylic acids is 1. The average Bonchev–Trinajstić information content (AvgIpc) is 3.87. The fourth-order valence-corrected chi connectivity index (χ4v) is 8.74. The van der Waals surface area contributed by atoms with Crippen molar-refractivity contribution in [3.8, 4) is 28.7 Å². The molecule has 0 bridgehead atoms. The highest BCUT2D eigenvalue weighted by Gasteiger charge is 2.43. The number of hydrogen-bond donors (Lipinski definition) is 1. The third kappa shape index (κ3) is 14.0. The van der Waals surface area contributed by atoms with Crippen LogP contribution in [-0.4, -0.2) is 93.5 Å². The summed E-state index contributed by atoms with van der Waals surface area (Å²) < 4.78 is 43.2. The number of carbonyl (C=O) groups excluding carboxylic acids is 5. The molecule has 73 heavy (non-hydrogen) atoms. The fraction of sp³-hybridized carbons (Fsp3) is 0.339. The van der Waals surface area contributed by atoms with Gasteiger partial charge in [0.2, 0.25) is 12.3 Å². The summed E-state index contributed by atoms with van der Waals surface area (Å²) in [6, 6.07) is 27.4. The number of esters is 1. The van der Waals surface area contributed by atoms with E-state index in [2.05, 4.69) is 25.5 Å². The van der Waals surface area contributed by atoms with E-state index in [9.17, 15) is 28.8 Å². The lowest BCUT2D eigenvalue weighted by Crippen LogP contribution is -2.34. The fourth-order valence-electron chi connectivity index (χ4n) is 8.40. The largest absolute Gasteiger partial charge is 0.493 e. The van der Waals surface area contributed by atoms with Crippen LogP contribution < -0.4 is 23.7 Å². The van der Waals surface area contributed by atoms with Crippen molar-refractivity contribution in [1.82, 2.24) is 0 Å². The molecule has 0 aromatic heterocycles. The van der Waals surface area contributed by atoms with E-state index < -0.39 is 11.8 Å². The SMILES string of the molecule is COC(=O)Cc1ccc2c(c1)C1(CCO2)OCCO1.Cc1ccc2c(c1)C(=O)CCO2.O=C(O)Cc1ccc2c(c1)C(=O)CCO2.O=C1CCOc2ccc(CBr)cc21.[C-]#[N+]Cc1ccc2c(c1)C(=O)CCO2. The number of carbonyl (C=O) groups is 6. The number of Topliss-reactive ketones (excluding diaryl/α,β-unsaturated/α-hetero) is 4. The van der Waals surface area contributed by atoms with Crippen LogP contribution in [0.5, 0.6) is 28.7 Å². The van der Waals surface area contributed by atoms with Crippen molar-refractivity contribution in [2.24, 2.45) is 0 Å². The highest BCUT2D eigenvalue weighted by molar-refractivity contribution is 9.08. The molecular weight excluding hydrogens is 1010 g/mol. The minimum Gasteiger partial charge on any atom is -0.493 e. The zero-order chi connectivity index (χ0) is 51.9. The molecule has 0 amide bonds. The number of benzene rings is 5. The summed E-state index contributed by atoms with van der Waals surface area (Å²) in [5.74, 6) is 2.07. The van der Waals surface area contributed by atoms with Gasteiger partial charge in [0.1, 0.15) is 28.7 Å². The lowest BCUT2D eigenvalue weighted by molar-refractivity contribution is -0.183. The summed E-state index contributed by atoms with van der Waals surface area (Å²) in [4.78, 5) is 70.9. The molecule has 0 aliphatic carbocycles. The van der Waals surface area contributed by atoms with E-state index >= 15 is 0 Å². The highest BCUT2D eigenvalue weighted by Crippen LogP contribution is 2.43. The third-order valence-electron chi connectivity index (χ3n) is 12.1. The molecule has 11 rings (SSSR count). The highest BCUT2D eigenvalue weighted by atomic mass is 79.9. The Bertz CT molecular complexity index is 2920. The molecule has 0 radical (unpaired) electrons. The first-order valence-electron chi connectivity index (χ1n) is 23.6. The molecule has 6 aliphatic rings. The third-order valence-corrected chi connectivity index (χ3v) is 12.7. The van der Waals surface area contributed by atoms with E-state index in [1.807, 2.05) is 67.6 Å². The van der Waals surface area contributed by atoms with Crippen LogP contribution in [0.2, 0.25) is 0 Å². The van der Waals surface area contributed by atoms with E-state index in [0.29, 0.717) is 113 Å². The van der Waals surface area contributed by atoms with Crippen LogP contribution >= 0.6 is 15.9 Å². The number of ether oxygens (including phenoxy) is 8. The number of carboxylic acids is 1. The molecule has 0 atom stereocenters. The second-order valence-electron chi connectivity index (χ2n) is 17.2. The number of hydrogen-bond acceptors (Lipinski definition) is 14. The molecule has 1 N–H and O–H groups in total. The maximum absolute atomic E-state index is 11.5. The Balaban J connectivity index is 0.000000135. The number of carboxylic acid groups (broad SMARTS) is 1. The number of halogens is 1. The van der Waals surface area contributed by atoms with Gasteiger partial charge in [0.25, 0.3) is 0 Å². The van der Waals surface area contributed by atoms with Gasteiger partial charge in [0, 0.05) is 43.0 Å². The molecule has 1 fully saturated rings. The van der Waals surface area contributed by atoms with Crippen molar-refractivity contribution < 1.29 is 71.8 Å². The minimum atomic E-state index is -0.904. The molecule has 6 aliphatic heterocycles. The van der Waals surface area contributed by atoms with Gasteiger partial charge in [0.05, 0.1) is 94.0 Å². The topological polar surface area (TPSA) is 201 Å². The van der Waals surface area contributed by atoms with E-state index in [4.69, 9.17) is 44.8 Å². The van der Waals surface area contributed by atoms with Gasteiger partial charge in [-0.1, -0.05) is 45.8 Å². The zero-order valence-corrected chi connectivity index (χ0v) is 42.0. The summed E-state index contributed by atoms with van der Waals surface area (Å²) in [6.07, 6.45) is 2.65. The average molecular weight is 1060 g/mol. The molecule has 1 saturated heterocycles. The Labute approximate surface area is 430 Å². The molecule has 16 nitrogen and oxygen atoms in total. The first-order chi connectivity index (χ1) is 35.3. The summed E-state index contributed by atoms with van der Waals surface area (Å²) in [6.45, 7) is 12.7. The lowest BCUT2D eigenvalue weighted by Gasteiger charge is -2.33. The first-order valence-corrected chi connectivity index (χ1v) is 24.8. The predicted octanol–water partition coefficient (Wildman–Crippen LogP) is 9.24. The van der Waals surface area contributed by atoms with Crippen LogP contribution in [0.1, 0.15) is 107 Å². The second kappa shape index (κ2) is 25.3. The van der Waals surface area contributed by atoms with Gasteiger partial charge < -0.3 is 47.8 Å². The first kappa shape index (κ1) is 53.4. The zero-order valence-electron chi connectivity index (χ0n) is 40.5. The van der Waals surface area contributed by atoms with Crippen molar-refractivity contribution in [2.45, 2.75) is 69.5 Å². The van der Waals surface area contributed by atoms with Crippen LogP contribution in [0.4, 0.5) is 0 Å². The smallest absolute Gasteiger partial charge is 0.309 e. The Morgan fingerprint density at radius 3 is 1.49 bits per heavy atom. The minimum absolute atomic E-state index is 0.0171. The number of fused-ring (bicyclic) bond motifs is 6. The maximum Gasteiger partial charge on any atom is 0.309 e. The second-order valence-corrected chi connectivity index (χ2v) is 17.8. The van der Waals surface area contributed by atoms with Crippen LogP contribution in [0, 0.1) is 13.5 Å². The molecule has 6 heterocycles. The van der Waals surface area contributed by atoms with Crippen LogP contribution in [-0.2, 0) is 54.3 Å². The van der Waals surface area contributed by atoms with Gasteiger partial charge in [-0.15, -0.1) is 0 Å². The number of ketones is 4. The number of aryl methyl sites for hydroxylation is 1. The number of rotatable bonds is 6. The summed E-state index contributed by atoms with van der Waals surface area (Å²) >= 11 is 3.35. The quantitative estimate of drug-likeness (QED) is 0.0957. The number of methoxy groups -OCH3 is 1. The molecule has 0 unspecified atom stereocenters. The van der Waals surface area contributed by atoms with Crippen molar-refractivity contribution >= 4 is 51.0 Å². The van der Waals surface area contributed by atoms with Crippen LogP contribution in [0.3, 0.4) is 0 Å². The van der Waals surface area contributed by atoms with E-state index in [0.717, 1.165) is 61.5 Å². The molecule has 17 heteroatoms. The van der Waals surface area contributed by atoms with Gasteiger partial charge in [-0.05, 0) is 90.3 Å². The predicted molar refractivity (Wildman–Crippen MR) is 268 cm³/mol. The summed E-state index contributed by atoms with van der Waals surface area (Å²) in [7, 11) is 1.38. The lowest BCUT2D eigenvalue weighted by atomic mass is 9.96. The van der Waals surface area contributed by atoms with Gasteiger partial charge in [-0.25, -0.2) is 6.57 Å². The van der Waals surface area contributed by atoms with Crippen molar-refractivity contribution in [1.29, 1.82) is 0 Å². The van der Waals surface area contributed by atoms with Gasteiger partial charge in [0.15, 0.2) is 23.1 Å². The molecule has 5 aromatic rings. The van der Waals surface area contributed by atoms with Crippen molar-refractivity contribution in [3.05, 3.63) is 158 Å². The standard InChI is InChI=1S/C14H16O5.C11H9NO2.C11H10O4.C10H9BrO2.C10H10O2/c1-16-13(15)9-10-2-3-12-11(8-10)14(4-5-17-12)18-6-7-19-14;1-12-7-8-2-3-11-9(6-8)10(13)4-5-14-11;12-9-3-4-15-10-2-1-7(5-8(9)10)6-11(13)14;11-6-7-1-2-10-8(5-7)9(12)3-4-13-10;1-7-2-3-10-8(6-7)9(11)4-5-12-10/h2-3,8H,4-7,9H2,1H3;2-3,6H,4-5,7H2;1-2,5H,3-4,6H2,(H,13,14);1-2,5H,3-4,6H2;2-3,6H,4-5H2,1H3. The Morgan fingerprint density at radius 1 is 0.575 bits per heavy atom. The van der Waals surface area contributed by atoms with Crippen LogP contribution in [0.25, 0.3) is 4.85 Å². The molecular formula is C56H54BrNO15. The Hall–Kier alpha value is -7.39. The van der Waals surface area contributed by atoms with E-state index in [-0.39, 0.29) is 41.9 Å². The van der Waals surface area contributed by atoms with E-state index in [1.165, 1.54) is 7.11 Å². The molecule has 5 aromatic carbocycles. The van der Waals surface area contributed by atoms with Gasteiger partial charge in [-0.3, -0.25) is 28.8 Å². The van der Waals surface area contributed by atoms with Gasteiger partial charge in [-0.2, -0.15) is 0 Å². The number of nitrogens with zero attached hydrogens (tertiary/aromatic N) is 1. The molecule has 0 saturated carbocycles. The summed E-state index contributed by atoms with van der Waals surface area (Å²) in [5.41, 5.74) is 8.04. The van der Waals surface area contributed by atoms with Gasteiger partial charge >= 0.3 is 11.9 Å². The normalized spacial score (nSPS) is 16.0.